The van der Waals surface area contributed by atoms with E-state index < -0.39 is 5.82 Å². The maximum absolute atomic E-state index is 14.5. The van der Waals surface area contributed by atoms with Crippen LogP contribution in [0.25, 0.3) is 11.0 Å². The number of carbonyl (C=O) groups excluding carboxylic acids is 1. The Morgan fingerprint density at radius 2 is 2.00 bits per heavy atom. The number of hydrogen-bond acceptors (Lipinski definition) is 5. The summed E-state index contributed by atoms with van der Waals surface area (Å²) in [5.74, 6) is 0.333. The van der Waals surface area contributed by atoms with Crippen molar-refractivity contribution < 1.29 is 9.18 Å². The molecule has 5 rings (SSSR count). The Balaban J connectivity index is 1.48. The number of fused-ring (bicyclic) bond motifs is 2. The third-order valence-electron chi connectivity index (χ3n) is 4.83. The molecule has 3 heterocycles. The predicted octanol–water partition coefficient (Wildman–Crippen LogP) is 4.93. The fourth-order valence-electron chi connectivity index (χ4n) is 3.51. The van der Waals surface area contributed by atoms with E-state index in [9.17, 15) is 9.18 Å². The zero-order valence-electron chi connectivity index (χ0n) is 15.5. The lowest BCUT2D eigenvalue weighted by Crippen LogP contribution is -2.46. The first-order valence-electron chi connectivity index (χ1n) is 9.18. The van der Waals surface area contributed by atoms with E-state index >= 15 is 0 Å². The van der Waals surface area contributed by atoms with E-state index in [2.05, 4.69) is 9.97 Å². The number of halogens is 1. The number of allylic oxidation sites excluding steroid dienone is 1. The summed E-state index contributed by atoms with van der Waals surface area (Å²) in [7, 11) is 0. The molecule has 0 bridgehead atoms. The molecule has 8 heteroatoms. The molecule has 29 heavy (non-hydrogen) atoms. The average Bonchev–Trinajstić information content (AvgIpc) is 3.30. The summed E-state index contributed by atoms with van der Waals surface area (Å²) in [6, 6.07) is 14.1. The van der Waals surface area contributed by atoms with Crippen molar-refractivity contribution in [2.24, 2.45) is 10.9 Å². The number of H-pyrrole nitrogens is 1. The van der Waals surface area contributed by atoms with Crippen LogP contribution in [-0.2, 0) is 10.5 Å². The van der Waals surface area contributed by atoms with Crippen molar-refractivity contribution in [3.63, 3.8) is 0 Å². The molecular weight excluding hydrogens is 407 g/mol. The van der Waals surface area contributed by atoms with Crippen molar-refractivity contribution in [3.05, 3.63) is 71.2 Å². The molecular formula is C21H17FN4OS2. The minimum absolute atomic E-state index is 0.147. The molecule has 2 aromatic carbocycles. The second kappa shape index (κ2) is 7.35. The quantitative estimate of drug-likeness (QED) is 0.648. The Hall–Kier alpha value is -2.58. The van der Waals surface area contributed by atoms with Crippen LogP contribution in [-0.4, -0.2) is 26.4 Å². The number of amides is 1. The minimum Gasteiger partial charge on any atom is -0.341 e. The summed E-state index contributed by atoms with van der Waals surface area (Å²) >= 11 is 2.97. The van der Waals surface area contributed by atoms with Gasteiger partial charge in [0.05, 0.1) is 28.4 Å². The van der Waals surface area contributed by atoms with Gasteiger partial charge in [-0.05, 0) is 36.1 Å². The molecule has 2 aliphatic heterocycles. The van der Waals surface area contributed by atoms with Crippen LogP contribution in [0, 0.1) is 11.7 Å². The van der Waals surface area contributed by atoms with E-state index in [-0.39, 0.29) is 22.9 Å². The SMILES string of the molecule is CC1=CC2C(=O)N(c3ccccc3F)C(SCc3nc4ccccc4[nH]3)=NC2S1. The zero-order valence-corrected chi connectivity index (χ0v) is 17.1. The maximum Gasteiger partial charge on any atom is 0.243 e. The van der Waals surface area contributed by atoms with E-state index in [1.807, 2.05) is 37.3 Å². The average molecular weight is 425 g/mol. The van der Waals surface area contributed by atoms with Gasteiger partial charge in [0.2, 0.25) is 5.91 Å². The highest BCUT2D eigenvalue weighted by atomic mass is 32.2. The summed E-state index contributed by atoms with van der Waals surface area (Å²) in [6.45, 7) is 1.97. The number of carbonyl (C=O) groups is 1. The molecule has 0 aliphatic carbocycles. The number of aliphatic imine (C=N–C) groups is 1. The van der Waals surface area contributed by atoms with E-state index in [4.69, 9.17) is 4.99 Å². The smallest absolute Gasteiger partial charge is 0.243 e. The first-order chi connectivity index (χ1) is 14.1. The number of para-hydroxylation sites is 3. The van der Waals surface area contributed by atoms with Gasteiger partial charge in [-0.2, -0.15) is 0 Å². The van der Waals surface area contributed by atoms with Crippen molar-refractivity contribution in [1.82, 2.24) is 9.97 Å². The Morgan fingerprint density at radius 1 is 1.21 bits per heavy atom. The van der Waals surface area contributed by atoms with E-state index in [1.54, 1.807) is 30.0 Å². The highest BCUT2D eigenvalue weighted by molar-refractivity contribution is 8.13. The lowest BCUT2D eigenvalue weighted by atomic mass is 10.1. The monoisotopic (exact) mass is 424 g/mol. The second-order valence-electron chi connectivity index (χ2n) is 6.84. The van der Waals surface area contributed by atoms with Crippen LogP contribution < -0.4 is 4.90 Å². The molecule has 0 spiro atoms. The number of nitrogens with one attached hydrogen (secondary N) is 1. The minimum atomic E-state index is -0.442. The molecule has 0 radical (unpaired) electrons. The number of anilines is 1. The summed E-state index contributed by atoms with van der Waals surface area (Å²) in [5, 5.41) is 0.307. The van der Waals surface area contributed by atoms with Gasteiger partial charge in [-0.3, -0.25) is 9.69 Å². The standard InChI is InChI=1S/C21H17FN4OS2/c1-12-10-13-19(29-12)25-21(26(20(13)27)17-9-5-2-6-14(17)22)28-11-18-23-15-7-3-4-8-16(15)24-18/h2-10,13,19H,11H2,1H3,(H,23,24). The molecule has 2 aliphatic rings. The van der Waals surface area contributed by atoms with Crippen molar-refractivity contribution in [1.29, 1.82) is 0 Å². The first-order valence-corrected chi connectivity index (χ1v) is 11.0. The molecule has 0 saturated heterocycles. The lowest BCUT2D eigenvalue weighted by Gasteiger charge is -2.32. The summed E-state index contributed by atoms with van der Waals surface area (Å²) in [5.41, 5.74) is 2.08. The second-order valence-corrected chi connectivity index (χ2v) is 9.14. The molecule has 2 unspecified atom stereocenters. The van der Waals surface area contributed by atoms with Gasteiger partial charge in [-0.25, -0.2) is 14.4 Å². The van der Waals surface area contributed by atoms with Gasteiger partial charge in [-0.1, -0.05) is 42.1 Å². The third-order valence-corrected chi connectivity index (χ3v) is 6.94. The zero-order chi connectivity index (χ0) is 20.0. The number of hydrogen-bond donors (Lipinski definition) is 1. The highest BCUT2D eigenvalue weighted by Crippen LogP contribution is 2.43. The molecule has 2 atom stereocenters. The Labute approximate surface area is 175 Å². The van der Waals surface area contributed by atoms with Crippen LogP contribution >= 0.6 is 23.5 Å². The number of amidine groups is 1. The van der Waals surface area contributed by atoms with Gasteiger partial charge in [0.1, 0.15) is 17.0 Å². The van der Waals surface area contributed by atoms with Gasteiger partial charge in [0, 0.05) is 0 Å². The van der Waals surface area contributed by atoms with Crippen LogP contribution in [0.5, 0.6) is 0 Å². The Morgan fingerprint density at radius 3 is 2.83 bits per heavy atom. The van der Waals surface area contributed by atoms with Gasteiger partial charge >= 0.3 is 0 Å². The van der Waals surface area contributed by atoms with Crippen molar-refractivity contribution in [2.75, 3.05) is 4.90 Å². The van der Waals surface area contributed by atoms with Crippen LogP contribution in [0.2, 0.25) is 0 Å². The fraction of sp³-hybridized carbons (Fsp3) is 0.190. The number of rotatable bonds is 3. The van der Waals surface area contributed by atoms with Crippen LogP contribution in [0.1, 0.15) is 12.7 Å². The molecule has 0 saturated carbocycles. The van der Waals surface area contributed by atoms with E-state index in [1.165, 1.54) is 22.7 Å². The predicted molar refractivity (Wildman–Crippen MR) is 117 cm³/mol. The molecule has 0 fully saturated rings. The number of nitrogens with zero attached hydrogens (tertiary/aromatic N) is 3. The molecule has 3 aromatic rings. The molecule has 146 valence electrons. The van der Waals surface area contributed by atoms with Crippen LogP contribution in [0.15, 0.2) is 64.5 Å². The fourth-order valence-corrected chi connectivity index (χ4v) is 5.59. The normalized spacial score (nSPS) is 21.3. The van der Waals surface area contributed by atoms with Gasteiger partial charge in [-0.15, -0.1) is 11.8 Å². The van der Waals surface area contributed by atoms with Crippen molar-refractivity contribution in [2.45, 2.75) is 18.1 Å². The number of benzene rings is 2. The van der Waals surface area contributed by atoms with Gasteiger partial charge in [0.15, 0.2) is 5.17 Å². The summed E-state index contributed by atoms with van der Waals surface area (Å²) < 4.78 is 14.5. The van der Waals surface area contributed by atoms with Gasteiger partial charge in [0.25, 0.3) is 0 Å². The van der Waals surface area contributed by atoms with Crippen molar-refractivity contribution >= 4 is 51.3 Å². The largest absolute Gasteiger partial charge is 0.341 e. The van der Waals surface area contributed by atoms with Crippen LogP contribution in [0.3, 0.4) is 0 Å². The lowest BCUT2D eigenvalue weighted by molar-refractivity contribution is -0.120. The summed E-state index contributed by atoms with van der Waals surface area (Å²) in [6.07, 6.45) is 1.93. The highest BCUT2D eigenvalue weighted by Gasteiger charge is 2.42. The van der Waals surface area contributed by atoms with Crippen LogP contribution in [0.4, 0.5) is 10.1 Å². The topological polar surface area (TPSA) is 61.4 Å². The number of imidazole rings is 1. The molecule has 1 amide bonds. The van der Waals surface area contributed by atoms with E-state index in [0.717, 1.165) is 21.8 Å². The third kappa shape index (κ3) is 3.36. The Bertz CT molecular complexity index is 1140. The van der Waals surface area contributed by atoms with Crippen molar-refractivity contribution in [3.8, 4) is 0 Å². The number of aromatic amines is 1. The van der Waals surface area contributed by atoms with E-state index in [0.29, 0.717) is 10.9 Å². The Kier molecular flexibility index (Phi) is 4.67. The first kappa shape index (κ1) is 18.4. The molecule has 5 nitrogen and oxygen atoms in total. The molecule has 1 aromatic heterocycles. The number of thioether (sulfide) groups is 2. The van der Waals surface area contributed by atoms with Gasteiger partial charge < -0.3 is 4.98 Å². The summed E-state index contributed by atoms with van der Waals surface area (Å²) in [4.78, 5) is 28.4. The molecule has 1 N–H and O–H groups in total. The maximum atomic E-state index is 14.5. The number of aromatic nitrogens is 2.